The number of benzene rings is 2. The van der Waals surface area contributed by atoms with E-state index in [4.69, 9.17) is 0 Å². The molecule has 3 aromatic rings. The summed E-state index contributed by atoms with van der Waals surface area (Å²) in [6.07, 6.45) is 2.46. The molecule has 0 spiro atoms. The van der Waals surface area contributed by atoms with Gasteiger partial charge in [0, 0.05) is 34.8 Å². The molecule has 0 saturated heterocycles. The first-order valence-electron chi connectivity index (χ1n) is 12.2. The third kappa shape index (κ3) is 5.71. The van der Waals surface area contributed by atoms with Gasteiger partial charge < -0.3 is 15.5 Å². The highest BCUT2D eigenvalue weighted by molar-refractivity contribution is 8.00. The van der Waals surface area contributed by atoms with Gasteiger partial charge >= 0.3 is 0 Å². The van der Waals surface area contributed by atoms with E-state index in [2.05, 4.69) is 16.7 Å². The lowest BCUT2D eigenvalue weighted by molar-refractivity contribution is -0.129. The molecule has 0 radical (unpaired) electrons. The first kappa shape index (κ1) is 25.1. The number of nitrogens with zero attached hydrogens (tertiary/aromatic N) is 2. The summed E-state index contributed by atoms with van der Waals surface area (Å²) < 4.78 is 0. The highest BCUT2D eigenvalue weighted by atomic mass is 32.2. The van der Waals surface area contributed by atoms with Crippen LogP contribution in [0.15, 0.2) is 59.5 Å². The van der Waals surface area contributed by atoms with E-state index < -0.39 is 5.25 Å². The van der Waals surface area contributed by atoms with Gasteiger partial charge in [0.15, 0.2) is 0 Å². The van der Waals surface area contributed by atoms with Crippen LogP contribution in [0.1, 0.15) is 46.6 Å². The van der Waals surface area contributed by atoms with E-state index in [1.165, 1.54) is 23.1 Å². The minimum absolute atomic E-state index is 0.000707. The zero-order valence-corrected chi connectivity index (χ0v) is 22.0. The third-order valence-electron chi connectivity index (χ3n) is 6.49. The Labute approximate surface area is 223 Å². The second kappa shape index (κ2) is 10.8. The second-order valence-corrected chi connectivity index (χ2v) is 11.5. The van der Waals surface area contributed by atoms with Gasteiger partial charge in [0.25, 0.3) is 0 Å². The van der Waals surface area contributed by atoms with Crippen LogP contribution in [-0.2, 0) is 27.3 Å². The van der Waals surface area contributed by atoms with Gasteiger partial charge in [-0.05, 0) is 48.6 Å². The fourth-order valence-electron chi connectivity index (χ4n) is 4.33. The lowest BCUT2D eigenvalue weighted by atomic mass is 10.0. The van der Waals surface area contributed by atoms with Crippen LogP contribution in [0, 0.1) is 17.2 Å². The molecule has 2 aliphatic rings. The summed E-state index contributed by atoms with van der Waals surface area (Å²) in [7, 11) is 0. The van der Waals surface area contributed by atoms with Crippen molar-refractivity contribution in [2.24, 2.45) is 5.92 Å². The van der Waals surface area contributed by atoms with Crippen LogP contribution in [0.3, 0.4) is 0 Å². The average Bonchev–Trinajstić information content (AvgIpc) is 3.69. The predicted molar refractivity (Wildman–Crippen MR) is 145 cm³/mol. The SMILES string of the molecule is CC(=O)N1CCc2c(sc(NC(=O)C(Sc3cccc(NC(=O)C4CC4)c3)c3ccccc3)c2C#N)C1. The molecule has 1 aliphatic carbocycles. The van der Waals surface area contributed by atoms with Crippen LogP contribution in [0.5, 0.6) is 0 Å². The fraction of sp³-hybridized carbons (Fsp3) is 0.286. The van der Waals surface area contributed by atoms with Crippen molar-refractivity contribution in [2.45, 2.75) is 42.9 Å². The molecular weight excluding hydrogens is 504 g/mol. The van der Waals surface area contributed by atoms with Crippen LogP contribution < -0.4 is 10.6 Å². The molecule has 1 fully saturated rings. The number of thioether (sulfide) groups is 1. The molecule has 1 unspecified atom stereocenters. The number of carbonyl (C=O) groups is 3. The topological polar surface area (TPSA) is 102 Å². The molecular formula is C28H26N4O3S2. The number of amides is 3. The summed E-state index contributed by atoms with van der Waals surface area (Å²) in [5.74, 6) is -0.0949. The van der Waals surface area contributed by atoms with Crippen molar-refractivity contribution in [1.29, 1.82) is 5.26 Å². The van der Waals surface area contributed by atoms with Gasteiger partial charge in [0.1, 0.15) is 16.3 Å². The molecule has 2 N–H and O–H groups in total. The maximum Gasteiger partial charge on any atom is 0.243 e. The molecule has 2 heterocycles. The van der Waals surface area contributed by atoms with E-state index in [0.29, 0.717) is 35.8 Å². The standard InChI is InChI=1S/C28H26N4O3S2/c1-17(33)32-13-12-22-23(15-29)28(37-24(22)16-32)31-27(35)25(18-6-3-2-4-7-18)36-21-9-5-8-20(14-21)30-26(34)19-10-11-19/h2-9,14,19,25H,10-13,16H2,1H3,(H,30,34)(H,31,35). The predicted octanol–water partition coefficient (Wildman–Crippen LogP) is 5.34. The zero-order chi connectivity index (χ0) is 25.9. The van der Waals surface area contributed by atoms with Crippen molar-refractivity contribution >= 4 is 51.5 Å². The molecule has 1 aliphatic heterocycles. The van der Waals surface area contributed by atoms with Crippen molar-refractivity contribution in [3.8, 4) is 6.07 Å². The van der Waals surface area contributed by atoms with Crippen molar-refractivity contribution in [2.75, 3.05) is 17.2 Å². The molecule has 5 rings (SSSR count). The third-order valence-corrected chi connectivity index (χ3v) is 8.88. The monoisotopic (exact) mass is 530 g/mol. The number of hydrogen-bond donors (Lipinski definition) is 2. The van der Waals surface area contributed by atoms with Crippen molar-refractivity contribution < 1.29 is 14.4 Å². The molecule has 7 nitrogen and oxygen atoms in total. The van der Waals surface area contributed by atoms with Crippen LogP contribution in [0.4, 0.5) is 10.7 Å². The van der Waals surface area contributed by atoms with Gasteiger partial charge in [-0.25, -0.2) is 0 Å². The number of nitrogens with one attached hydrogen (secondary N) is 2. The largest absolute Gasteiger partial charge is 0.337 e. The smallest absolute Gasteiger partial charge is 0.243 e. The summed E-state index contributed by atoms with van der Waals surface area (Å²) in [4.78, 5) is 41.3. The second-order valence-electron chi connectivity index (χ2n) is 9.20. The average molecular weight is 531 g/mol. The highest BCUT2D eigenvalue weighted by Gasteiger charge is 2.30. The van der Waals surface area contributed by atoms with Crippen LogP contribution in [-0.4, -0.2) is 29.2 Å². The van der Waals surface area contributed by atoms with Crippen LogP contribution in [0.25, 0.3) is 0 Å². The maximum atomic E-state index is 13.7. The van der Waals surface area contributed by atoms with Crippen LogP contribution >= 0.6 is 23.1 Å². The Hall–Kier alpha value is -3.61. The van der Waals surface area contributed by atoms with Gasteiger partial charge in [0.2, 0.25) is 17.7 Å². The number of hydrogen-bond acceptors (Lipinski definition) is 6. The minimum Gasteiger partial charge on any atom is -0.337 e. The molecule has 1 aromatic heterocycles. The first-order valence-corrected chi connectivity index (χ1v) is 13.9. The number of thiophene rings is 1. The fourth-order valence-corrected chi connectivity index (χ4v) is 6.63. The first-order chi connectivity index (χ1) is 17.9. The minimum atomic E-state index is -0.574. The lowest BCUT2D eigenvalue weighted by Crippen LogP contribution is -2.33. The highest BCUT2D eigenvalue weighted by Crippen LogP contribution is 2.41. The Kier molecular flexibility index (Phi) is 7.31. The molecule has 188 valence electrons. The number of anilines is 2. The number of rotatable bonds is 7. The number of fused-ring (bicyclic) bond motifs is 1. The molecule has 9 heteroatoms. The molecule has 37 heavy (non-hydrogen) atoms. The van der Waals surface area contributed by atoms with Gasteiger partial charge in [-0.1, -0.05) is 36.4 Å². The zero-order valence-electron chi connectivity index (χ0n) is 20.3. The van der Waals surface area contributed by atoms with Gasteiger partial charge in [-0.15, -0.1) is 23.1 Å². The molecule has 2 aromatic carbocycles. The normalized spacial score (nSPS) is 15.3. The Morgan fingerprint density at radius 1 is 1.11 bits per heavy atom. The van der Waals surface area contributed by atoms with Gasteiger partial charge in [-0.2, -0.15) is 5.26 Å². The summed E-state index contributed by atoms with van der Waals surface area (Å²) in [5, 5.41) is 15.8. The Morgan fingerprint density at radius 3 is 2.59 bits per heavy atom. The Bertz CT molecular complexity index is 1390. The van der Waals surface area contributed by atoms with Gasteiger partial charge in [0.05, 0.1) is 12.1 Å². The van der Waals surface area contributed by atoms with Crippen molar-refractivity contribution in [1.82, 2.24) is 4.90 Å². The summed E-state index contributed by atoms with van der Waals surface area (Å²) in [6, 6.07) is 19.3. The Balaban J connectivity index is 1.39. The number of carbonyl (C=O) groups excluding carboxylic acids is 3. The van der Waals surface area contributed by atoms with E-state index in [-0.39, 0.29) is 23.6 Å². The van der Waals surface area contributed by atoms with Crippen LogP contribution in [0.2, 0.25) is 0 Å². The summed E-state index contributed by atoms with van der Waals surface area (Å²) in [6.45, 7) is 2.56. The summed E-state index contributed by atoms with van der Waals surface area (Å²) in [5.41, 5.74) is 2.95. The maximum absolute atomic E-state index is 13.7. The molecule has 3 amide bonds. The Morgan fingerprint density at radius 2 is 1.89 bits per heavy atom. The van der Waals surface area contributed by atoms with E-state index in [0.717, 1.165) is 33.7 Å². The van der Waals surface area contributed by atoms with Crippen molar-refractivity contribution in [3.63, 3.8) is 0 Å². The quantitative estimate of drug-likeness (QED) is 0.401. The van der Waals surface area contributed by atoms with Crippen molar-refractivity contribution in [3.05, 3.63) is 76.2 Å². The van der Waals surface area contributed by atoms with Gasteiger partial charge in [-0.3, -0.25) is 14.4 Å². The molecule has 0 bridgehead atoms. The molecule has 1 saturated carbocycles. The molecule has 1 atom stereocenters. The summed E-state index contributed by atoms with van der Waals surface area (Å²) >= 11 is 2.76. The van der Waals surface area contributed by atoms with E-state index in [1.807, 2.05) is 54.6 Å². The lowest BCUT2D eigenvalue weighted by Gasteiger charge is -2.25. The number of nitriles is 1. The van der Waals surface area contributed by atoms with E-state index in [1.54, 1.807) is 11.8 Å². The van der Waals surface area contributed by atoms with E-state index in [9.17, 15) is 19.6 Å². The van der Waals surface area contributed by atoms with E-state index >= 15 is 0 Å².